The third kappa shape index (κ3) is 3.93. The van der Waals surface area contributed by atoms with E-state index in [2.05, 4.69) is 0 Å². The van der Waals surface area contributed by atoms with Crippen LogP contribution in [-0.2, 0) is 22.8 Å². The third-order valence-corrected chi connectivity index (χ3v) is 2.88. The number of hydrogen-bond donors (Lipinski definition) is 1. The molecule has 0 aliphatic heterocycles. The fourth-order valence-corrected chi connectivity index (χ4v) is 1.80. The van der Waals surface area contributed by atoms with Crippen LogP contribution in [0.1, 0.15) is 5.56 Å². The molecule has 1 rings (SSSR count). The van der Waals surface area contributed by atoms with E-state index in [4.69, 9.17) is 5.11 Å². The predicted octanol–water partition coefficient (Wildman–Crippen LogP) is 0.0675. The van der Waals surface area contributed by atoms with Crippen LogP contribution in [0.25, 0.3) is 0 Å². The van der Waals surface area contributed by atoms with Gasteiger partial charge in [0.25, 0.3) is 0 Å². The molecule has 5 heteroatoms. The van der Waals surface area contributed by atoms with Crippen LogP contribution in [0.3, 0.4) is 0 Å². The lowest BCUT2D eigenvalue weighted by molar-refractivity contribution is 0.276. The molecule has 1 aromatic rings. The van der Waals surface area contributed by atoms with E-state index < -0.39 is 9.84 Å². The van der Waals surface area contributed by atoms with E-state index in [-0.39, 0.29) is 12.4 Å². The normalized spacial score (nSPS) is 11.9. The Balaban J connectivity index is 2.52. The summed E-state index contributed by atoms with van der Waals surface area (Å²) in [6.45, 7) is 0.652. The van der Waals surface area contributed by atoms with Gasteiger partial charge in [0.2, 0.25) is 0 Å². The minimum absolute atomic E-state index is 0.0974. The number of aryl methyl sites for hydroxylation is 1. The molecule has 0 unspecified atom stereocenters. The summed E-state index contributed by atoms with van der Waals surface area (Å²) in [6, 6.07) is 1.88. The van der Waals surface area contributed by atoms with Gasteiger partial charge in [-0.15, -0.1) is 0 Å². The second-order valence-electron chi connectivity index (χ2n) is 3.36. The largest absolute Gasteiger partial charge is 0.395 e. The molecular formula is C9H15NO3S. The highest BCUT2D eigenvalue weighted by Gasteiger charge is 2.03. The van der Waals surface area contributed by atoms with Gasteiger partial charge in [-0.2, -0.15) is 0 Å². The van der Waals surface area contributed by atoms with Crippen molar-refractivity contribution in [1.29, 1.82) is 0 Å². The zero-order valence-corrected chi connectivity index (χ0v) is 9.00. The Labute approximate surface area is 84.1 Å². The van der Waals surface area contributed by atoms with E-state index in [1.165, 1.54) is 6.26 Å². The van der Waals surface area contributed by atoms with Gasteiger partial charge in [-0.05, 0) is 18.1 Å². The van der Waals surface area contributed by atoms with Crippen LogP contribution < -0.4 is 0 Å². The molecule has 0 saturated carbocycles. The summed E-state index contributed by atoms with van der Waals surface area (Å²) in [5.74, 6) is 0.177. The molecule has 14 heavy (non-hydrogen) atoms. The SMILES string of the molecule is CS(=O)(=O)CCc1ccn(CCO)c1. The Kier molecular flexibility index (Phi) is 3.71. The monoisotopic (exact) mass is 217 g/mol. The molecule has 0 aromatic carbocycles. The number of aromatic nitrogens is 1. The summed E-state index contributed by atoms with van der Waals surface area (Å²) >= 11 is 0. The molecule has 0 aliphatic rings. The fraction of sp³-hybridized carbons (Fsp3) is 0.556. The first kappa shape index (κ1) is 11.3. The van der Waals surface area contributed by atoms with Gasteiger partial charge in [-0.1, -0.05) is 0 Å². The van der Waals surface area contributed by atoms with Crippen molar-refractivity contribution < 1.29 is 13.5 Å². The molecule has 4 nitrogen and oxygen atoms in total. The number of nitrogens with zero attached hydrogens (tertiary/aromatic N) is 1. The molecule has 0 saturated heterocycles. The minimum Gasteiger partial charge on any atom is -0.395 e. The fourth-order valence-electron chi connectivity index (χ4n) is 1.20. The molecule has 0 radical (unpaired) electrons. The number of sulfone groups is 1. The van der Waals surface area contributed by atoms with Gasteiger partial charge >= 0.3 is 0 Å². The van der Waals surface area contributed by atoms with Crippen LogP contribution >= 0.6 is 0 Å². The zero-order chi connectivity index (χ0) is 10.6. The van der Waals surface area contributed by atoms with Gasteiger partial charge < -0.3 is 9.67 Å². The van der Waals surface area contributed by atoms with Crippen LogP contribution in [0.4, 0.5) is 0 Å². The van der Waals surface area contributed by atoms with Gasteiger partial charge in [0.1, 0.15) is 9.84 Å². The van der Waals surface area contributed by atoms with Gasteiger partial charge in [0.15, 0.2) is 0 Å². The van der Waals surface area contributed by atoms with Crippen LogP contribution in [0.2, 0.25) is 0 Å². The van der Waals surface area contributed by atoms with Crippen molar-refractivity contribution in [3.05, 3.63) is 24.0 Å². The number of aliphatic hydroxyl groups is 1. The first-order chi connectivity index (χ1) is 6.51. The van der Waals surface area contributed by atoms with Crippen molar-refractivity contribution in [3.8, 4) is 0 Å². The van der Waals surface area contributed by atoms with Crippen molar-refractivity contribution >= 4 is 9.84 Å². The van der Waals surface area contributed by atoms with Crippen LogP contribution in [0.5, 0.6) is 0 Å². The van der Waals surface area contributed by atoms with Crippen molar-refractivity contribution in [2.75, 3.05) is 18.6 Å². The standard InChI is InChI=1S/C9H15NO3S/c1-14(12,13)7-3-9-2-4-10(8-9)5-6-11/h2,4,8,11H,3,5-7H2,1H3. The van der Waals surface area contributed by atoms with Gasteiger partial charge in [-0.3, -0.25) is 0 Å². The highest BCUT2D eigenvalue weighted by Crippen LogP contribution is 2.03. The summed E-state index contributed by atoms with van der Waals surface area (Å²) in [6.07, 6.45) is 5.48. The smallest absolute Gasteiger partial charge is 0.147 e. The molecule has 0 amide bonds. The molecular weight excluding hydrogens is 202 g/mol. The second-order valence-corrected chi connectivity index (χ2v) is 5.62. The Morgan fingerprint density at radius 2 is 2.21 bits per heavy atom. The van der Waals surface area contributed by atoms with Crippen LogP contribution in [0, 0.1) is 0 Å². The molecule has 0 aliphatic carbocycles. The van der Waals surface area contributed by atoms with E-state index in [1.54, 1.807) is 0 Å². The molecule has 1 N–H and O–H groups in total. The quantitative estimate of drug-likeness (QED) is 0.759. The van der Waals surface area contributed by atoms with E-state index >= 15 is 0 Å². The lowest BCUT2D eigenvalue weighted by Crippen LogP contribution is -2.05. The number of hydrogen-bond acceptors (Lipinski definition) is 3. The molecule has 80 valence electrons. The molecule has 0 atom stereocenters. The maximum absolute atomic E-state index is 10.9. The Morgan fingerprint density at radius 1 is 1.50 bits per heavy atom. The highest BCUT2D eigenvalue weighted by atomic mass is 32.2. The second kappa shape index (κ2) is 4.61. The molecule has 0 spiro atoms. The topological polar surface area (TPSA) is 59.3 Å². The summed E-state index contributed by atoms with van der Waals surface area (Å²) in [5.41, 5.74) is 0.990. The summed E-state index contributed by atoms with van der Waals surface area (Å²) < 4.78 is 23.6. The molecule has 0 bridgehead atoms. The van der Waals surface area contributed by atoms with E-state index in [1.807, 2.05) is 23.0 Å². The number of rotatable bonds is 5. The molecule has 1 aromatic heterocycles. The van der Waals surface area contributed by atoms with Crippen LogP contribution in [-0.4, -0.2) is 36.7 Å². The van der Waals surface area contributed by atoms with Gasteiger partial charge in [0, 0.05) is 25.2 Å². The number of aliphatic hydroxyl groups excluding tert-OH is 1. The van der Waals surface area contributed by atoms with Gasteiger partial charge in [-0.25, -0.2) is 8.42 Å². The Bertz CT molecular complexity index is 381. The van der Waals surface area contributed by atoms with Crippen molar-refractivity contribution in [3.63, 3.8) is 0 Å². The summed E-state index contributed by atoms with van der Waals surface area (Å²) in [4.78, 5) is 0. The van der Waals surface area contributed by atoms with Crippen molar-refractivity contribution in [1.82, 2.24) is 4.57 Å². The highest BCUT2D eigenvalue weighted by molar-refractivity contribution is 7.90. The zero-order valence-electron chi connectivity index (χ0n) is 8.18. The van der Waals surface area contributed by atoms with E-state index in [9.17, 15) is 8.42 Å². The van der Waals surface area contributed by atoms with E-state index in [0.29, 0.717) is 13.0 Å². The first-order valence-corrected chi connectivity index (χ1v) is 6.50. The minimum atomic E-state index is -2.88. The molecule has 1 heterocycles. The average molecular weight is 217 g/mol. The molecule has 0 fully saturated rings. The summed E-state index contributed by atoms with van der Waals surface area (Å²) in [5, 5.41) is 8.67. The Morgan fingerprint density at radius 3 is 2.79 bits per heavy atom. The third-order valence-electron chi connectivity index (χ3n) is 1.93. The van der Waals surface area contributed by atoms with Crippen molar-refractivity contribution in [2.45, 2.75) is 13.0 Å². The lowest BCUT2D eigenvalue weighted by atomic mass is 10.3. The average Bonchev–Trinajstić information content (AvgIpc) is 2.49. The Hall–Kier alpha value is -0.810. The van der Waals surface area contributed by atoms with Gasteiger partial charge in [0.05, 0.1) is 12.4 Å². The maximum Gasteiger partial charge on any atom is 0.147 e. The predicted molar refractivity (Wildman–Crippen MR) is 54.9 cm³/mol. The summed E-state index contributed by atoms with van der Waals surface area (Å²) in [7, 11) is -2.88. The lowest BCUT2D eigenvalue weighted by Gasteiger charge is -1.97. The maximum atomic E-state index is 10.9. The first-order valence-electron chi connectivity index (χ1n) is 4.44. The van der Waals surface area contributed by atoms with Crippen molar-refractivity contribution in [2.24, 2.45) is 0 Å². The van der Waals surface area contributed by atoms with Crippen LogP contribution in [0.15, 0.2) is 18.5 Å². The van der Waals surface area contributed by atoms with E-state index in [0.717, 1.165) is 5.56 Å².